The highest BCUT2D eigenvalue weighted by atomic mass is 16.3. The normalized spacial score (nSPS) is 30.2. The van der Waals surface area contributed by atoms with E-state index in [1.807, 2.05) is 13.8 Å². The van der Waals surface area contributed by atoms with Crippen LogP contribution in [0.25, 0.3) is 0 Å². The highest BCUT2D eigenvalue weighted by molar-refractivity contribution is 6.00. The molecule has 0 radical (unpaired) electrons. The minimum absolute atomic E-state index is 0.0314. The molecule has 2 aliphatic rings. The van der Waals surface area contributed by atoms with Gasteiger partial charge in [0.1, 0.15) is 0 Å². The topological polar surface area (TPSA) is 57.6 Å². The van der Waals surface area contributed by atoms with Gasteiger partial charge in [-0.2, -0.15) is 0 Å². The molecule has 2 amide bonds. The van der Waals surface area contributed by atoms with Crippen LogP contribution in [0.15, 0.2) is 0 Å². The first-order valence-electron chi connectivity index (χ1n) is 6.52. The standard InChI is InChI=1S/C13H21NO3/c1-8(2)5-11(15)7-14-12(16)9-3-4-10(6-9)13(14)17/h8-11,15H,3-7H2,1-2H3. The van der Waals surface area contributed by atoms with Gasteiger partial charge in [0.25, 0.3) is 0 Å². The highest BCUT2D eigenvalue weighted by Gasteiger charge is 2.45. The fraction of sp³-hybridized carbons (Fsp3) is 0.846. The Morgan fingerprint density at radius 1 is 1.24 bits per heavy atom. The number of β-amino-alcohol motifs (C(OH)–C–C–N with tert-alkyl or cyclic N) is 1. The quantitative estimate of drug-likeness (QED) is 0.749. The maximum Gasteiger partial charge on any atom is 0.232 e. The number of piperidine rings is 1. The molecule has 0 aromatic carbocycles. The Hall–Kier alpha value is -0.900. The average molecular weight is 239 g/mol. The molecule has 3 unspecified atom stereocenters. The minimum Gasteiger partial charge on any atom is -0.391 e. The van der Waals surface area contributed by atoms with Crippen molar-refractivity contribution < 1.29 is 14.7 Å². The summed E-state index contributed by atoms with van der Waals surface area (Å²) in [5.74, 6) is 0.308. The van der Waals surface area contributed by atoms with Gasteiger partial charge in [0.15, 0.2) is 0 Å². The maximum atomic E-state index is 12.0. The van der Waals surface area contributed by atoms with Gasteiger partial charge in [-0.3, -0.25) is 14.5 Å². The Balaban J connectivity index is 2.00. The van der Waals surface area contributed by atoms with Crippen molar-refractivity contribution in [1.29, 1.82) is 0 Å². The van der Waals surface area contributed by atoms with Gasteiger partial charge in [0, 0.05) is 11.8 Å². The van der Waals surface area contributed by atoms with Crippen molar-refractivity contribution in [2.75, 3.05) is 6.54 Å². The van der Waals surface area contributed by atoms with Gasteiger partial charge in [-0.25, -0.2) is 0 Å². The van der Waals surface area contributed by atoms with E-state index in [0.29, 0.717) is 12.3 Å². The molecular weight excluding hydrogens is 218 g/mol. The second-order valence-electron chi connectivity index (χ2n) is 5.78. The van der Waals surface area contributed by atoms with Crippen molar-refractivity contribution in [3.63, 3.8) is 0 Å². The molecule has 1 saturated heterocycles. The van der Waals surface area contributed by atoms with E-state index in [9.17, 15) is 14.7 Å². The highest BCUT2D eigenvalue weighted by Crippen LogP contribution is 2.38. The lowest BCUT2D eigenvalue weighted by Crippen LogP contribution is -2.49. The monoisotopic (exact) mass is 239 g/mol. The molecule has 96 valence electrons. The summed E-state index contributed by atoms with van der Waals surface area (Å²) >= 11 is 0. The molecule has 0 aromatic rings. The number of aliphatic hydroxyl groups is 1. The second-order valence-corrected chi connectivity index (χ2v) is 5.78. The molecule has 0 spiro atoms. The molecule has 2 bridgehead atoms. The van der Waals surface area contributed by atoms with Gasteiger partial charge >= 0.3 is 0 Å². The first kappa shape index (κ1) is 12.6. The number of aliphatic hydroxyl groups excluding tert-OH is 1. The number of hydrogen-bond acceptors (Lipinski definition) is 3. The van der Waals surface area contributed by atoms with Gasteiger partial charge in [0.05, 0.1) is 12.6 Å². The molecule has 1 heterocycles. The molecule has 2 rings (SSSR count). The minimum atomic E-state index is -0.583. The van der Waals surface area contributed by atoms with Crippen LogP contribution in [0, 0.1) is 17.8 Å². The summed E-state index contributed by atoms with van der Waals surface area (Å²) in [5.41, 5.74) is 0. The van der Waals surface area contributed by atoms with Crippen LogP contribution in [0.3, 0.4) is 0 Å². The summed E-state index contributed by atoms with van der Waals surface area (Å²) in [6, 6.07) is 0. The maximum absolute atomic E-state index is 12.0. The Bertz CT molecular complexity index is 305. The number of fused-ring (bicyclic) bond motifs is 2. The van der Waals surface area contributed by atoms with Crippen LogP contribution in [0.2, 0.25) is 0 Å². The molecule has 4 heteroatoms. The van der Waals surface area contributed by atoms with E-state index >= 15 is 0 Å². The molecule has 1 aliphatic heterocycles. The molecule has 4 nitrogen and oxygen atoms in total. The number of nitrogens with zero attached hydrogens (tertiary/aromatic N) is 1. The fourth-order valence-electron chi connectivity index (χ4n) is 2.99. The van der Waals surface area contributed by atoms with E-state index in [2.05, 4.69) is 0 Å². The fourth-order valence-corrected chi connectivity index (χ4v) is 2.99. The summed E-state index contributed by atoms with van der Waals surface area (Å²) < 4.78 is 0. The van der Waals surface area contributed by atoms with E-state index in [0.717, 1.165) is 19.3 Å². The molecule has 2 fully saturated rings. The summed E-state index contributed by atoms with van der Waals surface area (Å²) in [6.07, 6.45) is 2.46. The lowest BCUT2D eigenvalue weighted by molar-refractivity contribution is -0.154. The lowest BCUT2D eigenvalue weighted by Gasteiger charge is -2.31. The van der Waals surface area contributed by atoms with Gasteiger partial charge < -0.3 is 5.11 Å². The third kappa shape index (κ3) is 2.51. The molecule has 1 N–H and O–H groups in total. The number of amides is 2. The Morgan fingerprint density at radius 3 is 2.24 bits per heavy atom. The van der Waals surface area contributed by atoms with Gasteiger partial charge in [0.2, 0.25) is 11.8 Å². The first-order chi connectivity index (χ1) is 7.99. The van der Waals surface area contributed by atoms with Crippen LogP contribution in [-0.2, 0) is 9.59 Å². The van der Waals surface area contributed by atoms with Gasteiger partial charge in [-0.1, -0.05) is 13.8 Å². The molecular formula is C13H21NO3. The third-order valence-electron chi connectivity index (χ3n) is 3.80. The van der Waals surface area contributed by atoms with Crippen LogP contribution in [0.4, 0.5) is 0 Å². The zero-order valence-electron chi connectivity index (χ0n) is 10.6. The van der Waals surface area contributed by atoms with E-state index in [1.165, 1.54) is 4.90 Å². The second kappa shape index (κ2) is 4.77. The van der Waals surface area contributed by atoms with Crippen LogP contribution in [0.5, 0.6) is 0 Å². The van der Waals surface area contributed by atoms with Crippen LogP contribution in [-0.4, -0.2) is 34.5 Å². The van der Waals surface area contributed by atoms with Crippen molar-refractivity contribution in [3.05, 3.63) is 0 Å². The van der Waals surface area contributed by atoms with Crippen molar-refractivity contribution in [1.82, 2.24) is 4.90 Å². The summed E-state index contributed by atoms with van der Waals surface area (Å²) in [7, 11) is 0. The van der Waals surface area contributed by atoms with E-state index in [4.69, 9.17) is 0 Å². The predicted octanol–water partition coefficient (Wildman–Crippen LogP) is 1.18. The number of carbonyl (C=O) groups is 2. The van der Waals surface area contributed by atoms with Crippen molar-refractivity contribution in [2.45, 2.75) is 45.6 Å². The van der Waals surface area contributed by atoms with Crippen molar-refractivity contribution >= 4 is 11.8 Å². The number of rotatable bonds is 4. The van der Waals surface area contributed by atoms with Gasteiger partial charge in [-0.15, -0.1) is 0 Å². The third-order valence-corrected chi connectivity index (χ3v) is 3.80. The summed E-state index contributed by atoms with van der Waals surface area (Å²) in [5, 5.41) is 9.85. The number of imide groups is 1. The summed E-state index contributed by atoms with van der Waals surface area (Å²) in [4.78, 5) is 25.3. The van der Waals surface area contributed by atoms with Crippen LogP contribution in [0.1, 0.15) is 39.5 Å². The van der Waals surface area contributed by atoms with Crippen molar-refractivity contribution in [2.24, 2.45) is 17.8 Å². The number of hydrogen-bond donors (Lipinski definition) is 1. The molecule has 1 saturated carbocycles. The van der Waals surface area contributed by atoms with E-state index in [1.54, 1.807) is 0 Å². The van der Waals surface area contributed by atoms with E-state index in [-0.39, 0.29) is 30.2 Å². The molecule has 17 heavy (non-hydrogen) atoms. The SMILES string of the molecule is CC(C)CC(O)CN1C(=O)C2CCC(C2)C1=O. The smallest absolute Gasteiger partial charge is 0.232 e. The van der Waals surface area contributed by atoms with Crippen molar-refractivity contribution in [3.8, 4) is 0 Å². The average Bonchev–Trinajstić information content (AvgIpc) is 2.67. The number of carbonyl (C=O) groups excluding carboxylic acids is 2. The first-order valence-corrected chi connectivity index (χ1v) is 6.52. The Kier molecular flexibility index (Phi) is 3.52. The molecule has 0 aromatic heterocycles. The molecule has 3 atom stereocenters. The zero-order valence-corrected chi connectivity index (χ0v) is 10.6. The summed E-state index contributed by atoms with van der Waals surface area (Å²) in [6.45, 7) is 4.22. The Morgan fingerprint density at radius 2 is 1.76 bits per heavy atom. The van der Waals surface area contributed by atoms with Crippen LogP contribution >= 0.6 is 0 Å². The zero-order chi connectivity index (χ0) is 12.6. The van der Waals surface area contributed by atoms with Gasteiger partial charge in [-0.05, 0) is 31.6 Å². The largest absolute Gasteiger partial charge is 0.391 e. The molecule has 1 aliphatic carbocycles. The Labute approximate surface area is 102 Å². The van der Waals surface area contributed by atoms with Crippen LogP contribution < -0.4 is 0 Å². The predicted molar refractivity (Wildman–Crippen MR) is 63.0 cm³/mol. The lowest BCUT2D eigenvalue weighted by atomic mass is 9.96. The van der Waals surface area contributed by atoms with E-state index < -0.39 is 6.10 Å². The number of likely N-dealkylation sites (tertiary alicyclic amines) is 1.